The summed E-state index contributed by atoms with van der Waals surface area (Å²) >= 11 is 0. The number of rotatable bonds is 4. The minimum Gasteiger partial charge on any atom is -0.388 e. The topological polar surface area (TPSA) is 53.7 Å². The molecule has 3 aromatic heterocycles. The molecule has 0 amide bonds. The summed E-state index contributed by atoms with van der Waals surface area (Å²) in [6, 6.07) is 9.32. The van der Waals surface area contributed by atoms with Gasteiger partial charge in [0.05, 0.1) is 24.1 Å². The normalized spacial score (nSPS) is 18.7. The molecular formula is C25H25FN4O. The maximum atomic E-state index is 14.2. The molecule has 1 saturated heterocycles. The average Bonchev–Trinajstić information content (AvgIpc) is 3.55. The number of benzene rings is 1. The van der Waals surface area contributed by atoms with E-state index in [2.05, 4.69) is 27.1 Å². The maximum Gasteiger partial charge on any atom is 0.149 e. The highest BCUT2D eigenvalue weighted by Gasteiger charge is 2.34. The van der Waals surface area contributed by atoms with Crippen LogP contribution in [0.15, 0.2) is 55.2 Å². The molecule has 1 aliphatic heterocycles. The van der Waals surface area contributed by atoms with Gasteiger partial charge in [0, 0.05) is 42.1 Å². The van der Waals surface area contributed by atoms with Crippen LogP contribution in [-0.4, -0.2) is 32.6 Å². The van der Waals surface area contributed by atoms with Crippen molar-refractivity contribution in [1.82, 2.24) is 14.4 Å². The van der Waals surface area contributed by atoms with Gasteiger partial charge in [0.1, 0.15) is 11.3 Å². The van der Waals surface area contributed by atoms with E-state index in [1.54, 1.807) is 12.5 Å². The summed E-state index contributed by atoms with van der Waals surface area (Å²) < 4.78 is 16.2. The van der Waals surface area contributed by atoms with Crippen LogP contribution >= 0.6 is 0 Å². The second-order valence-corrected chi connectivity index (χ2v) is 8.88. The van der Waals surface area contributed by atoms with E-state index in [-0.39, 0.29) is 11.7 Å². The van der Waals surface area contributed by atoms with Crippen molar-refractivity contribution >= 4 is 22.1 Å². The molecule has 31 heavy (non-hydrogen) atoms. The first kappa shape index (κ1) is 18.8. The number of piperidine rings is 1. The van der Waals surface area contributed by atoms with Gasteiger partial charge in [-0.15, -0.1) is 0 Å². The second-order valence-electron chi connectivity index (χ2n) is 8.88. The highest BCUT2D eigenvalue weighted by Crippen LogP contribution is 2.46. The van der Waals surface area contributed by atoms with Gasteiger partial charge >= 0.3 is 0 Å². The van der Waals surface area contributed by atoms with Crippen molar-refractivity contribution in [1.29, 1.82) is 0 Å². The van der Waals surface area contributed by atoms with E-state index in [0.717, 1.165) is 48.1 Å². The van der Waals surface area contributed by atoms with E-state index < -0.39 is 6.10 Å². The summed E-state index contributed by atoms with van der Waals surface area (Å²) in [6.45, 7) is 1.66. The minimum atomic E-state index is -0.496. The number of hydrogen-bond donors (Lipinski definition) is 1. The van der Waals surface area contributed by atoms with Crippen LogP contribution in [-0.2, 0) is 0 Å². The number of aliphatic hydroxyl groups excluding tert-OH is 1. The lowest BCUT2D eigenvalue weighted by Gasteiger charge is -2.36. The zero-order chi connectivity index (χ0) is 20.9. The van der Waals surface area contributed by atoms with Crippen LogP contribution in [0.3, 0.4) is 0 Å². The Morgan fingerprint density at radius 2 is 1.90 bits per heavy atom. The standard InChI is InChI=1S/C25H25FN4O/c26-20-5-6-21(19-2-1-10-28-24(19)20)29-11-7-17(8-12-29)25(31)23-18(16-3-4-16)9-13-30-15-27-14-22(23)30/h1-2,5-6,9-10,13-17,25,31H,3-4,7-8,11-12H2. The highest BCUT2D eigenvalue weighted by molar-refractivity contribution is 5.92. The van der Waals surface area contributed by atoms with E-state index in [9.17, 15) is 9.50 Å². The molecule has 6 heteroatoms. The van der Waals surface area contributed by atoms with Crippen molar-refractivity contribution in [3.8, 4) is 0 Å². The Morgan fingerprint density at radius 3 is 2.71 bits per heavy atom. The zero-order valence-electron chi connectivity index (χ0n) is 17.3. The second kappa shape index (κ2) is 7.31. The van der Waals surface area contributed by atoms with Gasteiger partial charge in [0.2, 0.25) is 0 Å². The van der Waals surface area contributed by atoms with Crippen molar-refractivity contribution in [3.05, 3.63) is 72.2 Å². The lowest BCUT2D eigenvalue weighted by atomic mass is 9.84. The van der Waals surface area contributed by atoms with Gasteiger partial charge in [-0.3, -0.25) is 4.98 Å². The van der Waals surface area contributed by atoms with Crippen LogP contribution < -0.4 is 4.90 Å². The van der Waals surface area contributed by atoms with E-state index >= 15 is 0 Å². The monoisotopic (exact) mass is 416 g/mol. The van der Waals surface area contributed by atoms with Crippen LogP contribution in [0, 0.1) is 11.7 Å². The molecule has 0 bridgehead atoms. The first-order chi connectivity index (χ1) is 15.2. The summed E-state index contributed by atoms with van der Waals surface area (Å²) in [6.07, 6.45) is 11.1. The first-order valence-corrected chi connectivity index (χ1v) is 11.1. The molecule has 1 atom stereocenters. The summed E-state index contributed by atoms with van der Waals surface area (Å²) in [5.41, 5.74) is 4.82. The SMILES string of the molecule is OC(c1c(C2CC2)ccn2cncc12)C1CCN(c2ccc(F)c3ncccc23)CC1. The third kappa shape index (κ3) is 3.17. The molecular weight excluding hydrogens is 391 g/mol. The number of nitrogens with zero attached hydrogens (tertiary/aromatic N) is 4. The lowest BCUT2D eigenvalue weighted by molar-refractivity contribution is 0.0932. The summed E-state index contributed by atoms with van der Waals surface area (Å²) in [7, 11) is 0. The van der Waals surface area contributed by atoms with Gasteiger partial charge in [-0.2, -0.15) is 0 Å². The molecule has 1 aliphatic carbocycles. The molecule has 2 fully saturated rings. The Morgan fingerprint density at radius 1 is 1.06 bits per heavy atom. The van der Waals surface area contributed by atoms with Crippen molar-refractivity contribution in [2.24, 2.45) is 5.92 Å². The number of fused-ring (bicyclic) bond motifs is 2. The summed E-state index contributed by atoms with van der Waals surface area (Å²) in [5.74, 6) is 0.480. The van der Waals surface area contributed by atoms with E-state index in [4.69, 9.17) is 0 Å². The Balaban J connectivity index is 1.27. The molecule has 0 spiro atoms. The Kier molecular flexibility index (Phi) is 4.42. The third-order valence-corrected chi connectivity index (χ3v) is 7.00. The van der Waals surface area contributed by atoms with Gasteiger partial charge in [-0.25, -0.2) is 9.37 Å². The molecule has 6 rings (SSSR count). The number of imidazole rings is 1. The van der Waals surface area contributed by atoms with Gasteiger partial charge in [-0.1, -0.05) is 0 Å². The van der Waals surface area contributed by atoms with Gasteiger partial charge in [0.25, 0.3) is 0 Å². The molecule has 1 aromatic carbocycles. The lowest BCUT2D eigenvalue weighted by Crippen LogP contribution is -2.36. The fraction of sp³-hybridized carbons (Fsp3) is 0.360. The van der Waals surface area contributed by atoms with E-state index in [1.165, 1.54) is 24.5 Å². The highest BCUT2D eigenvalue weighted by atomic mass is 19.1. The Hall–Kier alpha value is -2.99. The molecule has 158 valence electrons. The number of pyridine rings is 2. The molecule has 0 radical (unpaired) electrons. The molecule has 4 aromatic rings. The average molecular weight is 417 g/mol. The van der Waals surface area contributed by atoms with Crippen molar-refractivity contribution < 1.29 is 9.50 Å². The summed E-state index contributed by atoms with van der Waals surface area (Å²) in [4.78, 5) is 10.8. The molecule has 1 N–H and O–H groups in total. The van der Waals surface area contributed by atoms with Crippen LogP contribution in [0.4, 0.5) is 10.1 Å². The maximum absolute atomic E-state index is 14.2. The first-order valence-electron chi connectivity index (χ1n) is 11.1. The molecule has 4 heterocycles. The van der Waals surface area contributed by atoms with Crippen molar-refractivity contribution in [3.63, 3.8) is 0 Å². The fourth-order valence-electron chi connectivity index (χ4n) is 5.19. The quantitative estimate of drug-likeness (QED) is 0.517. The van der Waals surface area contributed by atoms with Crippen LogP contribution in [0.25, 0.3) is 16.4 Å². The largest absolute Gasteiger partial charge is 0.388 e. The number of aromatic nitrogens is 3. The number of aliphatic hydroxyl groups is 1. The van der Waals surface area contributed by atoms with Crippen LogP contribution in [0.5, 0.6) is 0 Å². The summed E-state index contributed by atoms with van der Waals surface area (Å²) in [5, 5.41) is 12.3. The van der Waals surface area contributed by atoms with Gasteiger partial charge < -0.3 is 14.4 Å². The minimum absolute atomic E-state index is 0.194. The Bertz CT molecular complexity index is 1260. The Labute approximate surface area is 180 Å². The van der Waals surface area contributed by atoms with Gasteiger partial charge in [0.15, 0.2) is 0 Å². The van der Waals surface area contributed by atoms with Crippen LogP contribution in [0.2, 0.25) is 0 Å². The number of hydrogen-bond acceptors (Lipinski definition) is 4. The smallest absolute Gasteiger partial charge is 0.149 e. The zero-order valence-corrected chi connectivity index (χ0v) is 17.3. The molecule has 1 unspecified atom stereocenters. The molecule has 1 saturated carbocycles. The molecule has 2 aliphatic rings. The number of anilines is 1. The van der Waals surface area contributed by atoms with Crippen molar-refractivity contribution in [2.45, 2.75) is 37.7 Å². The van der Waals surface area contributed by atoms with Gasteiger partial charge in [-0.05, 0) is 73.4 Å². The predicted octanol–water partition coefficient (Wildman–Crippen LogP) is 4.85. The fourth-order valence-corrected chi connectivity index (χ4v) is 5.19. The van der Waals surface area contributed by atoms with E-state index in [0.29, 0.717) is 11.4 Å². The van der Waals surface area contributed by atoms with Crippen molar-refractivity contribution in [2.75, 3.05) is 18.0 Å². The van der Waals surface area contributed by atoms with Crippen LogP contribution in [0.1, 0.15) is 48.8 Å². The molecule has 5 nitrogen and oxygen atoms in total. The third-order valence-electron chi connectivity index (χ3n) is 7.00. The number of halogens is 1. The van der Waals surface area contributed by atoms with E-state index in [1.807, 2.05) is 28.8 Å². The predicted molar refractivity (Wildman–Crippen MR) is 119 cm³/mol.